The van der Waals surface area contributed by atoms with Crippen molar-refractivity contribution in [2.24, 2.45) is 10.4 Å². The topological polar surface area (TPSA) is 58.9 Å². The van der Waals surface area contributed by atoms with E-state index in [1.807, 2.05) is 20.8 Å². The molecule has 1 N–H and O–H groups in total. The molecule has 0 bridgehead atoms. The molecule has 1 atom stereocenters. The highest BCUT2D eigenvalue weighted by atomic mass is 16.5. The summed E-state index contributed by atoms with van der Waals surface area (Å²) in [5.41, 5.74) is -0.190. The summed E-state index contributed by atoms with van der Waals surface area (Å²) < 4.78 is 5.16. The van der Waals surface area contributed by atoms with Crippen molar-refractivity contribution in [1.82, 2.24) is 0 Å². The summed E-state index contributed by atoms with van der Waals surface area (Å²) in [7, 11) is 0. The predicted octanol–water partition coefficient (Wildman–Crippen LogP) is 0.914. The molecule has 1 heterocycles. The smallest absolute Gasteiger partial charge is 0.332 e. The normalized spacial score (nSPS) is 23.2. The third-order valence-corrected chi connectivity index (χ3v) is 1.58. The minimum atomic E-state index is -0.922. The zero-order valence-corrected chi connectivity index (χ0v) is 7.50. The fourth-order valence-corrected chi connectivity index (χ4v) is 0.911. The van der Waals surface area contributed by atoms with Gasteiger partial charge in [-0.15, -0.1) is 0 Å². The maximum atomic E-state index is 10.5. The Bertz CT molecular complexity index is 227. The highest BCUT2D eigenvalue weighted by Crippen LogP contribution is 2.21. The zero-order valence-electron chi connectivity index (χ0n) is 7.50. The lowest BCUT2D eigenvalue weighted by Crippen LogP contribution is -2.20. The molecule has 68 valence electrons. The monoisotopic (exact) mass is 171 g/mol. The van der Waals surface area contributed by atoms with Gasteiger partial charge in [0.15, 0.2) is 11.9 Å². The van der Waals surface area contributed by atoms with Gasteiger partial charge in [-0.05, 0) is 0 Å². The van der Waals surface area contributed by atoms with E-state index >= 15 is 0 Å². The van der Waals surface area contributed by atoms with Crippen LogP contribution >= 0.6 is 0 Å². The number of carboxylic acid groups (broad SMARTS) is 1. The van der Waals surface area contributed by atoms with E-state index in [2.05, 4.69) is 4.99 Å². The average molecular weight is 171 g/mol. The second kappa shape index (κ2) is 2.77. The van der Waals surface area contributed by atoms with E-state index in [-0.39, 0.29) is 12.0 Å². The molecule has 0 saturated heterocycles. The summed E-state index contributed by atoms with van der Waals surface area (Å²) in [5.74, 6) is -0.385. The van der Waals surface area contributed by atoms with Gasteiger partial charge in [0.05, 0.1) is 0 Å². The summed E-state index contributed by atoms with van der Waals surface area (Å²) in [6, 6.07) is -0.709. The van der Waals surface area contributed by atoms with Crippen LogP contribution in [-0.4, -0.2) is 29.6 Å². The van der Waals surface area contributed by atoms with Gasteiger partial charge in [0.2, 0.25) is 0 Å². The summed E-state index contributed by atoms with van der Waals surface area (Å²) in [5, 5.41) is 8.61. The van der Waals surface area contributed by atoms with Crippen LogP contribution in [0.1, 0.15) is 20.8 Å². The lowest BCUT2D eigenvalue weighted by Gasteiger charge is -2.16. The van der Waals surface area contributed by atoms with Gasteiger partial charge < -0.3 is 9.84 Å². The minimum absolute atomic E-state index is 0.169. The third-order valence-electron chi connectivity index (χ3n) is 1.58. The summed E-state index contributed by atoms with van der Waals surface area (Å²) in [6.07, 6.45) is 0. The summed E-state index contributed by atoms with van der Waals surface area (Å²) in [6.45, 7) is 5.99. The van der Waals surface area contributed by atoms with Gasteiger partial charge in [0, 0.05) is 5.41 Å². The number of aliphatic carboxylic acids is 1. The van der Waals surface area contributed by atoms with Crippen LogP contribution in [0, 0.1) is 5.41 Å². The summed E-state index contributed by atoms with van der Waals surface area (Å²) >= 11 is 0. The molecule has 0 saturated carbocycles. The van der Waals surface area contributed by atoms with Gasteiger partial charge in [-0.2, -0.15) is 0 Å². The average Bonchev–Trinajstić information content (AvgIpc) is 2.30. The van der Waals surface area contributed by atoms with Crippen molar-refractivity contribution >= 4 is 11.9 Å². The lowest BCUT2D eigenvalue weighted by molar-refractivity contribution is -0.138. The molecular weight excluding hydrogens is 158 g/mol. The Hall–Kier alpha value is -1.06. The highest BCUT2D eigenvalue weighted by Gasteiger charge is 2.31. The van der Waals surface area contributed by atoms with E-state index in [0.29, 0.717) is 5.90 Å². The van der Waals surface area contributed by atoms with Crippen molar-refractivity contribution in [3.63, 3.8) is 0 Å². The maximum absolute atomic E-state index is 10.5. The molecule has 1 rings (SSSR count). The van der Waals surface area contributed by atoms with Crippen molar-refractivity contribution in [3.8, 4) is 0 Å². The standard InChI is InChI=1S/C8H13NO3/c1-8(2,3)7-9-5(4-12-7)6(10)11/h5H,4H2,1-3H3,(H,10,11). The van der Waals surface area contributed by atoms with Gasteiger partial charge in [-0.3, -0.25) is 0 Å². The van der Waals surface area contributed by atoms with Gasteiger partial charge in [0.1, 0.15) is 6.61 Å². The second-order valence-corrected chi connectivity index (χ2v) is 3.85. The van der Waals surface area contributed by atoms with Gasteiger partial charge in [0.25, 0.3) is 0 Å². The molecule has 0 aromatic heterocycles. The molecule has 1 unspecified atom stereocenters. The van der Waals surface area contributed by atoms with E-state index in [1.54, 1.807) is 0 Å². The van der Waals surface area contributed by atoms with Gasteiger partial charge in [-0.1, -0.05) is 20.8 Å². The first-order chi connectivity index (χ1) is 5.41. The van der Waals surface area contributed by atoms with E-state index in [4.69, 9.17) is 9.84 Å². The van der Waals surface area contributed by atoms with Crippen molar-refractivity contribution in [1.29, 1.82) is 0 Å². The van der Waals surface area contributed by atoms with Crippen molar-refractivity contribution in [2.75, 3.05) is 6.61 Å². The van der Waals surface area contributed by atoms with E-state index < -0.39 is 12.0 Å². The van der Waals surface area contributed by atoms with Crippen LogP contribution in [0.4, 0.5) is 0 Å². The van der Waals surface area contributed by atoms with Crippen LogP contribution in [0.5, 0.6) is 0 Å². The number of hydrogen-bond donors (Lipinski definition) is 1. The number of carbonyl (C=O) groups is 1. The van der Waals surface area contributed by atoms with Gasteiger partial charge >= 0.3 is 5.97 Å². The molecule has 12 heavy (non-hydrogen) atoms. The first kappa shape index (κ1) is 9.03. The Morgan fingerprint density at radius 1 is 1.67 bits per heavy atom. The Balaban J connectivity index is 2.73. The number of ether oxygens (including phenoxy) is 1. The number of hydrogen-bond acceptors (Lipinski definition) is 3. The number of carboxylic acids is 1. The fourth-order valence-electron chi connectivity index (χ4n) is 0.911. The largest absolute Gasteiger partial charge is 0.480 e. The molecule has 0 radical (unpaired) electrons. The van der Waals surface area contributed by atoms with Crippen LogP contribution in [0.15, 0.2) is 4.99 Å². The molecule has 0 amide bonds. The Morgan fingerprint density at radius 3 is 2.50 bits per heavy atom. The van der Waals surface area contributed by atoms with Gasteiger partial charge in [-0.25, -0.2) is 9.79 Å². The lowest BCUT2D eigenvalue weighted by atomic mass is 9.97. The zero-order chi connectivity index (χ0) is 9.35. The molecule has 1 aliphatic rings. The molecule has 4 nitrogen and oxygen atoms in total. The second-order valence-electron chi connectivity index (χ2n) is 3.85. The van der Waals surface area contributed by atoms with Crippen LogP contribution in [-0.2, 0) is 9.53 Å². The first-order valence-corrected chi connectivity index (χ1v) is 3.85. The maximum Gasteiger partial charge on any atom is 0.332 e. The third kappa shape index (κ3) is 1.75. The quantitative estimate of drug-likeness (QED) is 0.638. The molecule has 1 aliphatic heterocycles. The highest BCUT2D eigenvalue weighted by molar-refractivity contribution is 5.87. The molecule has 0 spiro atoms. The number of rotatable bonds is 1. The molecule has 0 aromatic carbocycles. The van der Waals surface area contributed by atoms with Crippen molar-refractivity contribution in [3.05, 3.63) is 0 Å². The van der Waals surface area contributed by atoms with Crippen LogP contribution in [0.25, 0.3) is 0 Å². The molecule has 0 aromatic rings. The Kier molecular flexibility index (Phi) is 2.08. The van der Waals surface area contributed by atoms with Crippen LogP contribution in [0.2, 0.25) is 0 Å². The van der Waals surface area contributed by atoms with E-state index in [9.17, 15) is 4.79 Å². The first-order valence-electron chi connectivity index (χ1n) is 3.85. The molecule has 4 heteroatoms. The Morgan fingerprint density at radius 2 is 2.25 bits per heavy atom. The minimum Gasteiger partial charge on any atom is -0.480 e. The van der Waals surface area contributed by atoms with Crippen LogP contribution in [0.3, 0.4) is 0 Å². The predicted molar refractivity (Wildman–Crippen MR) is 44.3 cm³/mol. The van der Waals surface area contributed by atoms with E-state index in [0.717, 1.165) is 0 Å². The number of aliphatic imine (C=N–C) groups is 1. The van der Waals surface area contributed by atoms with Crippen molar-refractivity contribution < 1.29 is 14.6 Å². The van der Waals surface area contributed by atoms with Crippen LogP contribution < -0.4 is 0 Å². The Labute approximate surface area is 71.3 Å². The van der Waals surface area contributed by atoms with Crippen molar-refractivity contribution in [2.45, 2.75) is 26.8 Å². The SMILES string of the molecule is CC(C)(C)C1=NC(C(=O)O)CO1. The molecule has 0 aliphatic carbocycles. The van der Waals surface area contributed by atoms with E-state index in [1.165, 1.54) is 0 Å². The summed E-state index contributed by atoms with van der Waals surface area (Å²) in [4.78, 5) is 14.4. The molecule has 0 fully saturated rings. The molecular formula is C8H13NO3. The number of nitrogens with zero attached hydrogens (tertiary/aromatic N) is 1. The fraction of sp³-hybridized carbons (Fsp3) is 0.750.